The Balaban J connectivity index is 2.13. The zero-order chi connectivity index (χ0) is 15.2. The number of carbonyl (C=O) groups is 1. The van der Waals surface area contributed by atoms with Crippen molar-refractivity contribution >= 4 is 11.6 Å². The van der Waals surface area contributed by atoms with Gasteiger partial charge in [-0.1, -0.05) is 30.3 Å². The van der Waals surface area contributed by atoms with Crippen LogP contribution < -0.4 is 10.6 Å². The van der Waals surface area contributed by atoms with Gasteiger partial charge in [-0.05, 0) is 17.7 Å². The predicted octanol–water partition coefficient (Wildman–Crippen LogP) is 2.00. The van der Waals surface area contributed by atoms with Crippen molar-refractivity contribution in [3.8, 4) is 11.5 Å². The van der Waals surface area contributed by atoms with Crippen LogP contribution in [0.25, 0.3) is 0 Å². The third-order valence-electron chi connectivity index (χ3n) is 3.21. The summed E-state index contributed by atoms with van der Waals surface area (Å²) >= 11 is 0. The van der Waals surface area contributed by atoms with Crippen molar-refractivity contribution in [3.05, 3.63) is 53.6 Å². The van der Waals surface area contributed by atoms with Crippen LogP contribution in [0.5, 0.6) is 11.5 Å². The number of hydrogen-bond donors (Lipinski definition) is 4. The first-order valence-corrected chi connectivity index (χ1v) is 6.64. The summed E-state index contributed by atoms with van der Waals surface area (Å²) in [5.74, 6) is -0.341. The van der Waals surface area contributed by atoms with E-state index in [1.54, 1.807) is 19.2 Å². The van der Waals surface area contributed by atoms with Crippen molar-refractivity contribution in [2.45, 2.75) is 13.0 Å². The molecular weight excluding hydrogens is 268 g/mol. The number of carbonyl (C=O) groups excluding carboxylic acids is 1. The van der Waals surface area contributed by atoms with E-state index in [4.69, 9.17) is 0 Å². The van der Waals surface area contributed by atoms with Gasteiger partial charge in [0.2, 0.25) is 5.91 Å². The molecule has 0 atom stereocenters. The summed E-state index contributed by atoms with van der Waals surface area (Å²) in [6, 6.07) is 12.3. The Hall–Kier alpha value is -2.69. The van der Waals surface area contributed by atoms with Gasteiger partial charge in [0.1, 0.15) is 0 Å². The van der Waals surface area contributed by atoms with Crippen LogP contribution in [-0.2, 0) is 17.8 Å². The Morgan fingerprint density at radius 3 is 2.52 bits per heavy atom. The Morgan fingerprint density at radius 1 is 1.05 bits per heavy atom. The lowest BCUT2D eigenvalue weighted by Crippen LogP contribution is -2.20. The molecule has 1 amide bonds. The van der Waals surface area contributed by atoms with Crippen molar-refractivity contribution in [3.63, 3.8) is 0 Å². The second-order valence-corrected chi connectivity index (χ2v) is 4.65. The number of amides is 1. The van der Waals surface area contributed by atoms with Crippen molar-refractivity contribution in [2.24, 2.45) is 0 Å². The summed E-state index contributed by atoms with van der Waals surface area (Å²) in [5.41, 5.74) is 2.28. The fraction of sp³-hybridized carbons (Fsp3) is 0.188. The summed E-state index contributed by atoms with van der Waals surface area (Å²) in [4.78, 5) is 11.5. The molecule has 4 N–H and O–H groups in total. The van der Waals surface area contributed by atoms with E-state index in [1.165, 1.54) is 6.07 Å². The second-order valence-electron chi connectivity index (χ2n) is 4.65. The maximum absolute atomic E-state index is 11.5. The van der Waals surface area contributed by atoms with Gasteiger partial charge < -0.3 is 20.8 Å². The number of hydrogen-bond acceptors (Lipinski definition) is 4. The Morgan fingerprint density at radius 2 is 1.76 bits per heavy atom. The van der Waals surface area contributed by atoms with E-state index in [9.17, 15) is 15.0 Å². The second kappa shape index (κ2) is 6.65. The molecule has 0 aliphatic carbocycles. The molecule has 110 valence electrons. The van der Waals surface area contributed by atoms with Gasteiger partial charge in [-0.3, -0.25) is 4.79 Å². The lowest BCUT2D eigenvalue weighted by molar-refractivity contribution is -0.119. The Kier molecular flexibility index (Phi) is 4.66. The lowest BCUT2D eigenvalue weighted by Gasteiger charge is -2.13. The molecule has 0 aliphatic rings. The van der Waals surface area contributed by atoms with Crippen LogP contribution in [0.1, 0.15) is 11.1 Å². The highest BCUT2D eigenvalue weighted by Gasteiger charge is 2.08. The van der Waals surface area contributed by atoms with Crippen molar-refractivity contribution in [1.82, 2.24) is 5.32 Å². The molecule has 0 bridgehead atoms. The highest BCUT2D eigenvalue weighted by Crippen LogP contribution is 2.29. The first-order chi connectivity index (χ1) is 10.1. The van der Waals surface area contributed by atoms with E-state index in [0.717, 1.165) is 11.3 Å². The molecule has 2 rings (SSSR count). The highest BCUT2D eigenvalue weighted by atomic mass is 16.3. The smallest absolute Gasteiger partial charge is 0.224 e. The predicted molar refractivity (Wildman–Crippen MR) is 81.3 cm³/mol. The minimum absolute atomic E-state index is 0.0653. The van der Waals surface area contributed by atoms with Crippen molar-refractivity contribution in [2.75, 3.05) is 12.4 Å². The van der Waals surface area contributed by atoms with Crippen molar-refractivity contribution < 1.29 is 15.0 Å². The summed E-state index contributed by atoms with van der Waals surface area (Å²) in [7, 11) is 1.60. The Bertz CT molecular complexity index is 641. The van der Waals surface area contributed by atoms with E-state index in [2.05, 4.69) is 10.6 Å². The van der Waals surface area contributed by atoms with Crippen LogP contribution in [0, 0.1) is 0 Å². The van der Waals surface area contributed by atoms with Crippen LogP contribution >= 0.6 is 0 Å². The molecule has 21 heavy (non-hydrogen) atoms. The molecular formula is C16H18N2O3. The fourth-order valence-electron chi connectivity index (χ4n) is 2.02. The minimum Gasteiger partial charge on any atom is -0.504 e. The van der Waals surface area contributed by atoms with Gasteiger partial charge in [-0.25, -0.2) is 0 Å². The van der Waals surface area contributed by atoms with Gasteiger partial charge in [0.15, 0.2) is 11.5 Å². The van der Waals surface area contributed by atoms with Crippen molar-refractivity contribution in [1.29, 1.82) is 0 Å². The van der Waals surface area contributed by atoms with Crippen LogP contribution in [0.15, 0.2) is 42.5 Å². The monoisotopic (exact) mass is 286 g/mol. The molecule has 5 nitrogen and oxygen atoms in total. The standard InChI is InChI=1S/C16H18N2O3/c1-17-15(20)9-11-5-2-3-7-13(11)18-10-12-6-4-8-14(19)16(12)21/h2-8,18-19,21H,9-10H2,1H3,(H,17,20). The average molecular weight is 286 g/mol. The number of phenols is 2. The van der Waals surface area contributed by atoms with E-state index in [0.29, 0.717) is 12.1 Å². The minimum atomic E-state index is -0.145. The summed E-state index contributed by atoms with van der Waals surface area (Å²) in [5, 5.41) is 25.0. The SMILES string of the molecule is CNC(=O)Cc1ccccc1NCc1cccc(O)c1O. The highest BCUT2D eigenvalue weighted by molar-refractivity contribution is 5.80. The number of aromatic hydroxyl groups is 2. The van der Waals surface area contributed by atoms with E-state index < -0.39 is 0 Å². The molecule has 0 fully saturated rings. The number of likely N-dealkylation sites (N-methyl/N-ethyl adjacent to an activating group) is 1. The lowest BCUT2D eigenvalue weighted by atomic mass is 10.1. The van der Waals surface area contributed by atoms with Gasteiger partial charge in [0.25, 0.3) is 0 Å². The summed E-state index contributed by atoms with van der Waals surface area (Å²) < 4.78 is 0. The number of anilines is 1. The van der Waals surface area contributed by atoms with Crippen LogP contribution in [0.4, 0.5) is 5.69 Å². The molecule has 0 saturated heterocycles. The van der Waals surface area contributed by atoms with Gasteiger partial charge >= 0.3 is 0 Å². The number of rotatable bonds is 5. The molecule has 2 aromatic carbocycles. The average Bonchev–Trinajstić information content (AvgIpc) is 2.50. The van der Waals surface area contributed by atoms with Gasteiger partial charge in [0, 0.05) is 24.8 Å². The van der Waals surface area contributed by atoms with Gasteiger partial charge in [0.05, 0.1) is 6.42 Å². The first-order valence-electron chi connectivity index (χ1n) is 6.64. The van der Waals surface area contributed by atoms with E-state index in [-0.39, 0.29) is 23.8 Å². The van der Waals surface area contributed by atoms with Gasteiger partial charge in [-0.2, -0.15) is 0 Å². The Labute approximate surface area is 123 Å². The maximum Gasteiger partial charge on any atom is 0.224 e. The quantitative estimate of drug-likeness (QED) is 0.634. The molecule has 0 aliphatic heterocycles. The van der Waals surface area contributed by atoms with E-state index in [1.807, 2.05) is 24.3 Å². The summed E-state index contributed by atoms with van der Waals surface area (Å²) in [6.07, 6.45) is 0.283. The third-order valence-corrected chi connectivity index (χ3v) is 3.21. The zero-order valence-corrected chi connectivity index (χ0v) is 11.8. The molecule has 0 saturated carbocycles. The molecule has 0 unspecified atom stereocenters. The van der Waals surface area contributed by atoms with E-state index >= 15 is 0 Å². The maximum atomic E-state index is 11.5. The summed E-state index contributed by atoms with van der Waals surface area (Å²) in [6.45, 7) is 0.352. The number of nitrogens with one attached hydrogen (secondary N) is 2. The fourth-order valence-corrected chi connectivity index (χ4v) is 2.02. The number of phenolic OH excluding ortho intramolecular Hbond substituents is 2. The van der Waals surface area contributed by atoms with Crippen LogP contribution in [-0.4, -0.2) is 23.2 Å². The molecule has 0 radical (unpaired) electrons. The third kappa shape index (κ3) is 3.66. The normalized spacial score (nSPS) is 10.1. The van der Waals surface area contributed by atoms with Crippen LogP contribution in [0.3, 0.4) is 0 Å². The van der Waals surface area contributed by atoms with Gasteiger partial charge in [-0.15, -0.1) is 0 Å². The molecule has 0 spiro atoms. The topological polar surface area (TPSA) is 81.6 Å². The number of para-hydroxylation sites is 2. The first kappa shape index (κ1) is 14.7. The van der Waals surface area contributed by atoms with Crippen LogP contribution in [0.2, 0.25) is 0 Å². The molecule has 2 aromatic rings. The molecule has 5 heteroatoms. The largest absolute Gasteiger partial charge is 0.504 e. The molecule has 0 aromatic heterocycles. The zero-order valence-electron chi connectivity index (χ0n) is 11.8. The molecule has 0 heterocycles. The number of benzene rings is 2.